The molecule has 1 fully saturated rings. The predicted molar refractivity (Wildman–Crippen MR) is 129 cm³/mol. The monoisotopic (exact) mass is 455 g/mol. The standard InChI is InChI=1S/C23H27N5O3.H2S/c1-15(2)16-4-6-17(7-5-16)19-12-20-21(26-9-8-25-20)22(27-19)31-14-18-13-28(10-11-30-18)23(29)24-3;/h4-9,12,15,18H,10-11,13-14H2,1-3H3,(H,24,29);1H2/t18-;/m0./s1. The zero-order valence-electron chi connectivity index (χ0n) is 18.5. The number of nitrogens with zero attached hydrogens (tertiary/aromatic N) is 4. The number of nitrogens with one attached hydrogen (secondary N) is 1. The highest BCUT2D eigenvalue weighted by Crippen LogP contribution is 2.28. The van der Waals surface area contributed by atoms with Gasteiger partial charge in [0.15, 0.2) is 5.52 Å². The average molecular weight is 456 g/mol. The molecule has 32 heavy (non-hydrogen) atoms. The van der Waals surface area contributed by atoms with Gasteiger partial charge in [0, 0.05) is 31.5 Å². The fraction of sp³-hybridized carbons (Fsp3) is 0.391. The first-order valence-electron chi connectivity index (χ1n) is 10.5. The first-order chi connectivity index (χ1) is 15.0. The number of rotatable bonds is 5. The van der Waals surface area contributed by atoms with Gasteiger partial charge in [-0.05, 0) is 17.5 Å². The van der Waals surface area contributed by atoms with Crippen LogP contribution in [-0.4, -0.2) is 65.3 Å². The van der Waals surface area contributed by atoms with Crippen molar-refractivity contribution in [2.75, 3.05) is 33.4 Å². The number of carbonyl (C=O) groups is 1. The summed E-state index contributed by atoms with van der Waals surface area (Å²) in [7, 11) is 1.62. The molecule has 1 N–H and O–H groups in total. The summed E-state index contributed by atoms with van der Waals surface area (Å²) < 4.78 is 11.8. The Morgan fingerprint density at radius 1 is 1.25 bits per heavy atom. The van der Waals surface area contributed by atoms with E-state index < -0.39 is 0 Å². The van der Waals surface area contributed by atoms with Crippen molar-refractivity contribution in [2.45, 2.75) is 25.9 Å². The number of ether oxygens (including phenoxy) is 2. The predicted octanol–water partition coefficient (Wildman–Crippen LogP) is 3.35. The van der Waals surface area contributed by atoms with Crippen LogP contribution in [0.25, 0.3) is 22.3 Å². The SMILES string of the molecule is CNC(=O)N1CCO[C@H](COc2nc(-c3ccc(C(C)C)cc3)cc3nccnc23)C1.S. The molecule has 4 rings (SSSR count). The number of pyridine rings is 1. The van der Waals surface area contributed by atoms with Crippen molar-refractivity contribution < 1.29 is 14.3 Å². The van der Waals surface area contributed by atoms with Gasteiger partial charge in [0.1, 0.15) is 12.7 Å². The number of aromatic nitrogens is 3. The van der Waals surface area contributed by atoms with Gasteiger partial charge in [0.25, 0.3) is 0 Å². The molecule has 1 aliphatic heterocycles. The maximum Gasteiger partial charge on any atom is 0.317 e. The molecular weight excluding hydrogens is 426 g/mol. The zero-order valence-corrected chi connectivity index (χ0v) is 19.5. The number of hydrogen-bond donors (Lipinski definition) is 1. The molecule has 170 valence electrons. The second-order valence-corrected chi connectivity index (χ2v) is 7.82. The number of morpholine rings is 1. The van der Waals surface area contributed by atoms with Gasteiger partial charge in [-0.25, -0.2) is 14.8 Å². The molecule has 1 atom stereocenters. The minimum Gasteiger partial charge on any atom is -0.473 e. The second kappa shape index (κ2) is 10.6. The van der Waals surface area contributed by atoms with Crippen LogP contribution < -0.4 is 10.1 Å². The Morgan fingerprint density at radius 2 is 2.00 bits per heavy atom. The maximum absolute atomic E-state index is 11.9. The molecule has 1 aliphatic rings. The van der Waals surface area contributed by atoms with Crippen LogP contribution in [0.1, 0.15) is 25.3 Å². The summed E-state index contributed by atoms with van der Waals surface area (Å²) >= 11 is 0. The van der Waals surface area contributed by atoms with Crippen molar-refractivity contribution in [3.63, 3.8) is 0 Å². The third-order valence-electron chi connectivity index (χ3n) is 5.34. The average Bonchev–Trinajstić information content (AvgIpc) is 2.82. The summed E-state index contributed by atoms with van der Waals surface area (Å²) in [5.74, 6) is 0.877. The summed E-state index contributed by atoms with van der Waals surface area (Å²) in [6, 6.07) is 10.2. The molecule has 0 bridgehead atoms. The van der Waals surface area contributed by atoms with Gasteiger partial charge in [-0.1, -0.05) is 38.1 Å². The van der Waals surface area contributed by atoms with Crippen LogP contribution in [0.5, 0.6) is 5.88 Å². The summed E-state index contributed by atoms with van der Waals surface area (Å²) in [5, 5.41) is 2.65. The minimum atomic E-state index is -0.242. The van der Waals surface area contributed by atoms with Crippen LogP contribution in [0.15, 0.2) is 42.7 Å². The van der Waals surface area contributed by atoms with Crippen molar-refractivity contribution in [2.24, 2.45) is 0 Å². The van der Waals surface area contributed by atoms with E-state index in [2.05, 4.69) is 53.4 Å². The lowest BCUT2D eigenvalue weighted by molar-refractivity contribution is -0.0354. The molecule has 1 saturated heterocycles. The Hall–Kier alpha value is -2.91. The number of amides is 2. The number of benzene rings is 1. The summed E-state index contributed by atoms with van der Waals surface area (Å²) in [4.78, 5) is 27.2. The highest BCUT2D eigenvalue weighted by molar-refractivity contribution is 7.59. The molecule has 9 heteroatoms. The van der Waals surface area contributed by atoms with E-state index in [9.17, 15) is 4.79 Å². The second-order valence-electron chi connectivity index (χ2n) is 7.82. The van der Waals surface area contributed by atoms with Crippen molar-refractivity contribution in [1.29, 1.82) is 0 Å². The van der Waals surface area contributed by atoms with Crippen molar-refractivity contribution >= 4 is 30.6 Å². The number of fused-ring (bicyclic) bond motifs is 1. The van der Waals surface area contributed by atoms with Crippen LogP contribution in [-0.2, 0) is 4.74 Å². The van der Waals surface area contributed by atoms with E-state index in [1.807, 2.05) is 6.07 Å². The topological polar surface area (TPSA) is 89.5 Å². The lowest BCUT2D eigenvalue weighted by Crippen LogP contribution is -2.50. The minimum absolute atomic E-state index is 0. The molecule has 3 aromatic rings. The van der Waals surface area contributed by atoms with Crippen LogP contribution in [0.2, 0.25) is 0 Å². The van der Waals surface area contributed by atoms with Crippen molar-refractivity contribution in [1.82, 2.24) is 25.2 Å². The van der Waals surface area contributed by atoms with Crippen LogP contribution in [0.3, 0.4) is 0 Å². The number of urea groups is 1. The smallest absolute Gasteiger partial charge is 0.317 e. The molecule has 0 radical (unpaired) electrons. The van der Waals surface area contributed by atoms with Crippen molar-refractivity contribution in [3.05, 3.63) is 48.3 Å². The van der Waals surface area contributed by atoms with Crippen LogP contribution in [0.4, 0.5) is 4.79 Å². The van der Waals surface area contributed by atoms with Gasteiger partial charge in [-0.2, -0.15) is 13.5 Å². The van der Waals surface area contributed by atoms with Gasteiger partial charge in [0.05, 0.1) is 24.4 Å². The van der Waals surface area contributed by atoms with E-state index >= 15 is 0 Å². The number of hydrogen-bond acceptors (Lipinski definition) is 6. The Labute approximate surface area is 194 Å². The van der Waals surface area contributed by atoms with E-state index in [0.29, 0.717) is 42.5 Å². The fourth-order valence-corrected chi connectivity index (χ4v) is 3.57. The molecule has 8 nitrogen and oxygen atoms in total. The van der Waals surface area contributed by atoms with Crippen LogP contribution >= 0.6 is 13.5 Å². The van der Waals surface area contributed by atoms with Gasteiger partial charge in [0.2, 0.25) is 5.88 Å². The quantitative estimate of drug-likeness (QED) is 0.635. The maximum atomic E-state index is 11.9. The Kier molecular flexibility index (Phi) is 7.87. The van der Waals surface area contributed by atoms with E-state index in [4.69, 9.17) is 14.5 Å². The third-order valence-corrected chi connectivity index (χ3v) is 5.34. The molecule has 0 aliphatic carbocycles. The summed E-state index contributed by atoms with van der Waals surface area (Å²) in [6.07, 6.45) is 3.04. The first kappa shape index (κ1) is 23.7. The largest absolute Gasteiger partial charge is 0.473 e. The molecule has 1 aromatic carbocycles. The fourth-order valence-electron chi connectivity index (χ4n) is 3.57. The van der Waals surface area contributed by atoms with Gasteiger partial charge < -0.3 is 19.7 Å². The zero-order chi connectivity index (χ0) is 21.8. The third kappa shape index (κ3) is 5.28. The van der Waals surface area contributed by atoms with E-state index in [1.165, 1.54) is 5.56 Å². The Balaban J connectivity index is 0.00000289. The van der Waals surface area contributed by atoms with E-state index in [-0.39, 0.29) is 32.2 Å². The molecule has 2 aromatic heterocycles. The Morgan fingerprint density at radius 3 is 2.72 bits per heavy atom. The molecule has 0 saturated carbocycles. The number of carbonyl (C=O) groups excluding carboxylic acids is 1. The Bertz CT molecular complexity index is 1060. The lowest BCUT2D eigenvalue weighted by atomic mass is 10.0. The van der Waals surface area contributed by atoms with Gasteiger partial charge in [-0.3, -0.25) is 4.98 Å². The van der Waals surface area contributed by atoms with Gasteiger partial charge >= 0.3 is 6.03 Å². The molecule has 0 spiro atoms. The summed E-state index contributed by atoms with van der Waals surface area (Å²) in [5.41, 5.74) is 4.35. The van der Waals surface area contributed by atoms with Crippen molar-refractivity contribution in [3.8, 4) is 17.1 Å². The summed E-state index contributed by atoms with van der Waals surface area (Å²) in [6.45, 7) is 6.09. The molecule has 3 heterocycles. The van der Waals surface area contributed by atoms with Crippen LogP contribution in [0, 0.1) is 0 Å². The lowest BCUT2D eigenvalue weighted by Gasteiger charge is -2.32. The highest BCUT2D eigenvalue weighted by Gasteiger charge is 2.24. The molecule has 0 unspecified atom stereocenters. The molecular formula is C23H29N5O3S. The van der Waals surface area contributed by atoms with Gasteiger partial charge in [-0.15, -0.1) is 0 Å². The normalized spacial score (nSPS) is 16.0. The molecule has 2 amide bonds. The van der Waals surface area contributed by atoms with E-state index in [0.717, 1.165) is 11.3 Å². The highest BCUT2D eigenvalue weighted by atomic mass is 32.1. The first-order valence-corrected chi connectivity index (χ1v) is 10.5. The van der Waals surface area contributed by atoms with E-state index in [1.54, 1.807) is 24.3 Å².